The summed E-state index contributed by atoms with van der Waals surface area (Å²) in [5.74, 6) is -0.986. The van der Waals surface area contributed by atoms with Gasteiger partial charge >= 0.3 is 5.97 Å². The molecule has 0 aliphatic rings. The monoisotopic (exact) mass is 386 g/mol. The largest absolute Gasteiger partial charge is 0.462 e. The van der Waals surface area contributed by atoms with Crippen LogP contribution in [0.25, 0.3) is 11.1 Å². The maximum Gasteiger partial charge on any atom is 0.341 e. The van der Waals surface area contributed by atoms with E-state index < -0.39 is 16.8 Å². The van der Waals surface area contributed by atoms with Crippen molar-refractivity contribution in [2.45, 2.75) is 6.92 Å². The molecule has 138 valence electrons. The van der Waals surface area contributed by atoms with Crippen LogP contribution in [0.1, 0.15) is 27.8 Å². The zero-order chi connectivity index (χ0) is 19.4. The van der Waals surface area contributed by atoms with Gasteiger partial charge in [-0.1, -0.05) is 0 Å². The molecule has 0 saturated heterocycles. The predicted octanol–water partition coefficient (Wildman–Crippen LogP) is 4.35. The summed E-state index contributed by atoms with van der Waals surface area (Å²) in [7, 11) is 0. The van der Waals surface area contributed by atoms with E-state index in [4.69, 9.17) is 9.15 Å². The smallest absolute Gasteiger partial charge is 0.341 e. The number of hydrogen-bond donors (Lipinski definition) is 1. The lowest BCUT2D eigenvalue weighted by molar-refractivity contribution is -0.384. The van der Waals surface area contributed by atoms with Crippen LogP contribution in [-0.4, -0.2) is 23.4 Å². The molecule has 0 fully saturated rings. The lowest BCUT2D eigenvalue weighted by Crippen LogP contribution is -2.14. The van der Waals surface area contributed by atoms with E-state index in [9.17, 15) is 19.7 Å². The normalized spacial score (nSPS) is 10.4. The molecule has 2 heterocycles. The predicted molar refractivity (Wildman–Crippen MR) is 99.0 cm³/mol. The molecule has 1 aromatic carbocycles. The first kappa shape index (κ1) is 18.3. The Morgan fingerprint density at radius 1 is 1.26 bits per heavy atom. The topological polar surface area (TPSA) is 112 Å². The number of furan rings is 1. The molecule has 3 aromatic rings. The van der Waals surface area contributed by atoms with Crippen LogP contribution in [0, 0.1) is 10.1 Å². The Morgan fingerprint density at radius 3 is 2.59 bits per heavy atom. The number of thiophene rings is 1. The number of esters is 1. The molecular formula is C18H14N2O6S. The third kappa shape index (κ3) is 3.87. The second-order valence-electron chi connectivity index (χ2n) is 5.31. The molecule has 0 aliphatic heterocycles. The van der Waals surface area contributed by atoms with Crippen molar-refractivity contribution in [1.82, 2.24) is 0 Å². The standard InChI is InChI=1S/C18H14N2O6S/c1-2-25-18(22)15-13(11-5-7-12(8-6-11)20(23)24)10-27-17(15)19-16(21)14-4-3-9-26-14/h3-10H,2H2,1H3,(H,19,21). The van der Waals surface area contributed by atoms with Crippen LogP contribution in [0.5, 0.6) is 0 Å². The van der Waals surface area contributed by atoms with Crippen LogP contribution in [0.2, 0.25) is 0 Å². The van der Waals surface area contributed by atoms with Crippen molar-refractivity contribution < 1.29 is 23.7 Å². The molecule has 0 radical (unpaired) electrons. The fourth-order valence-corrected chi connectivity index (χ4v) is 3.36. The molecule has 2 aromatic heterocycles. The third-order valence-corrected chi connectivity index (χ3v) is 4.53. The van der Waals surface area contributed by atoms with Crippen molar-refractivity contribution in [3.63, 3.8) is 0 Å². The van der Waals surface area contributed by atoms with E-state index in [-0.39, 0.29) is 23.6 Å². The van der Waals surface area contributed by atoms with Crippen LogP contribution in [0.3, 0.4) is 0 Å². The molecular weight excluding hydrogens is 372 g/mol. The summed E-state index contributed by atoms with van der Waals surface area (Å²) in [6, 6.07) is 8.87. The van der Waals surface area contributed by atoms with Crippen molar-refractivity contribution in [1.29, 1.82) is 0 Å². The Kier molecular flexibility index (Phi) is 5.32. The molecule has 1 N–H and O–H groups in total. The van der Waals surface area contributed by atoms with Gasteiger partial charge in [0, 0.05) is 23.1 Å². The number of amides is 1. The summed E-state index contributed by atoms with van der Waals surface area (Å²) >= 11 is 1.15. The number of carbonyl (C=O) groups excluding carboxylic acids is 2. The number of anilines is 1. The van der Waals surface area contributed by atoms with Gasteiger partial charge in [-0.2, -0.15) is 0 Å². The Balaban J connectivity index is 1.98. The maximum absolute atomic E-state index is 12.5. The van der Waals surface area contributed by atoms with Gasteiger partial charge in [-0.3, -0.25) is 14.9 Å². The minimum atomic E-state index is -0.596. The highest BCUT2D eigenvalue weighted by molar-refractivity contribution is 7.15. The minimum absolute atomic E-state index is 0.0574. The van der Waals surface area contributed by atoms with Gasteiger partial charge in [0.05, 0.1) is 17.8 Å². The van der Waals surface area contributed by atoms with Gasteiger partial charge in [0.15, 0.2) is 5.76 Å². The Morgan fingerprint density at radius 2 is 2.00 bits per heavy atom. The second-order valence-corrected chi connectivity index (χ2v) is 6.19. The maximum atomic E-state index is 12.5. The number of non-ortho nitro benzene ring substituents is 1. The van der Waals surface area contributed by atoms with Gasteiger partial charge in [-0.05, 0) is 36.8 Å². The van der Waals surface area contributed by atoms with Crippen molar-refractivity contribution in [3.8, 4) is 11.1 Å². The summed E-state index contributed by atoms with van der Waals surface area (Å²) in [6.07, 6.45) is 1.37. The fourth-order valence-electron chi connectivity index (χ4n) is 2.40. The molecule has 0 bridgehead atoms. The number of carbonyl (C=O) groups is 2. The Labute approximate surface area is 157 Å². The van der Waals surface area contributed by atoms with Crippen molar-refractivity contribution >= 4 is 33.9 Å². The van der Waals surface area contributed by atoms with Gasteiger partial charge in [0.2, 0.25) is 0 Å². The molecule has 9 heteroatoms. The molecule has 3 rings (SSSR count). The van der Waals surface area contributed by atoms with E-state index in [2.05, 4.69) is 5.32 Å². The number of hydrogen-bond acceptors (Lipinski definition) is 7. The van der Waals surface area contributed by atoms with E-state index >= 15 is 0 Å². The first-order chi connectivity index (χ1) is 13.0. The van der Waals surface area contributed by atoms with E-state index in [1.54, 1.807) is 30.5 Å². The number of nitro benzene ring substituents is 1. The summed E-state index contributed by atoms with van der Waals surface area (Å²) in [5, 5.41) is 15.5. The fraction of sp³-hybridized carbons (Fsp3) is 0.111. The number of benzene rings is 1. The first-order valence-electron chi connectivity index (χ1n) is 7.89. The van der Waals surface area contributed by atoms with E-state index in [1.807, 2.05) is 0 Å². The highest BCUT2D eigenvalue weighted by Crippen LogP contribution is 2.37. The van der Waals surface area contributed by atoms with Crippen molar-refractivity contribution in [3.05, 3.63) is 69.5 Å². The number of ether oxygens (including phenoxy) is 1. The van der Waals surface area contributed by atoms with Crippen molar-refractivity contribution in [2.75, 3.05) is 11.9 Å². The molecule has 0 aliphatic carbocycles. The molecule has 0 unspecified atom stereocenters. The van der Waals surface area contributed by atoms with Crippen LogP contribution in [-0.2, 0) is 4.74 Å². The van der Waals surface area contributed by atoms with Gasteiger partial charge in [0.1, 0.15) is 10.6 Å². The molecule has 27 heavy (non-hydrogen) atoms. The Hall–Kier alpha value is -3.46. The molecule has 1 amide bonds. The number of rotatable bonds is 6. The first-order valence-corrected chi connectivity index (χ1v) is 8.77. The van der Waals surface area contributed by atoms with Gasteiger partial charge in [0.25, 0.3) is 11.6 Å². The highest BCUT2D eigenvalue weighted by Gasteiger charge is 2.24. The van der Waals surface area contributed by atoms with E-state index in [0.29, 0.717) is 16.1 Å². The average molecular weight is 386 g/mol. The number of nitrogens with one attached hydrogen (secondary N) is 1. The van der Waals surface area contributed by atoms with Gasteiger partial charge in [-0.25, -0.2) is 4.79 Å². The summed E-state index contributed by atoms with van der Waals surface area (Å²) < 4.78 is 10.2. The molecule has 0 spiro atoms. The lowest BCUT2D eigenvalue weighted by atomic mass is 10.0. The number of nitro groups is 1. The van der Waals surface area contributed by atoms with E-state index in [0.717, 1.165) is 11.3 Å². The summed E-state index contributed by atoms with van der Waals surface area (Å²) in [6.45, 7) is 1.84. The van der Waals surface area contributed by atoms with E-state index in [1.165, 1.54) is 24.5 Å². The van der Waals surface area contributed by atoms with Gasteiger partial charge < -0.3 is 14.5 Å². The van der Waals surface area contributed by atoms with Crippen molar-refractivity contribution in [2.24, 2.45) is 0 Å². The van der Waals surface area contributed by atoms with Gasteiger partial charge in [-0.15, -0.1) is 11.3 Å². The summed E-state index contributed by atoms with van der Waals surface area (Å²) in [4.78, 5) is 35.0. The molecule has 8 nitrogen and oxygen atoms in total. The lowest BCUT2D eigenvalue weighted by Gasteiger charge is -2.08. The third-order valence-electron chi connectivity index (χ3n) is 3.63. The average Bonchev–Trinajstić information content (AvgIpc) is 3.32. The van der Waals surface area contributed by atoms with Crippen LogP contribution in [0.15, 0.2) is 52.5 Å². The Bertz CT molecular complexity index is 976. The SMILES string of the molecule is CCOC(=O)c1c(-c2ccc([N+](=O)[O-])cc2)csc1NC(=O)c1ccco1. The molecule has 0 atom stereocenters. The second kappa shape index (κ2) is 7.83. The van der Waals surface area contributed by atoms with Crippen LogP contribution >= 0.6 is 11.3 Å². The quantitative estimate of drug-likeness (QED) is 0.383. The highest BCUT2D eigenvalue weighted by atomic mass is 32.1. The van der Waals surface area contributed by atoms with Crippen LogP contribution < -0.4 is 5.32 Å². The summed E-state index contributed by atoms with van der Waals surface area (Å²) in [5.41, 5.74) is 1.25. The minimum Gasteiger partial charge on any atom is -0.462 e. The zero-order valence-corrected chi connectivity index (χ0v) is 14.9. The number of nitrogens with zero attached hydrogens (tertiary/aromatic N) is 1. The zero-order valence-electron chi connectivity index (χ0n) is 14.1. The van der Waals surface area contributed by atoms with Crippen LogP contribution in [0.4, 0.5) is 10.7 Å². The molecule has 0 saturated carbocycles.